The predicted molar refractivity (Wildman–Crippen MR) is 65.8 cm³/mol. The molecule has 1 unspecified atom stereocenters. The number of fused-ring (bicyclic) bond motifs is 1. The first kappa shape index (κ1) is 11.8. The first-order chi connectivity index (χ1) is 9.17. The van der Waals surface area contributed by atoms with Gasteiger partial charge in [0.15, 0.2) is 11.5 Å². The minimum absolute atomic E-state index is 0.539. The van der Waals surface area contributed by atoms with Gasteiger partial charge in [-0.3, -0.25) is 0 Å². The van der Waals surface area contributed by atoms with Crippen LogP contribution in [-0.4, -0.2) is 48.4 Å². The molecule has 1 fully saturated rings. The molecular weight excluding hydrogens is 248 g/mol. The number of anilines is 1. The third kappa shape index (κ3) is 1.63. The molecule has 100 valence electrons. The summed E-state index contributed by atoms with van der Waals surface area (Å²) in [5.41, 5.74) is -0.324. The molecule has 8 heteroatoms. The molecule has 1 aliphatic heterocycles. The molecule has 0 radical (unpaired) electrons. The number of rotatable bonds is 3. The zero-order valence-corrected chi connectivity index (χ0v) is 10.5. The van der Waals surface area contributed by atoms with Gasteiger partial charge in [0, 0.05) is 6.54 Å². The maximum atomic E-state index is 11.6. The Morgan fingerprint density at radius 2 is 2.37 bits per heavy atom. The van der Waals surface area contributed by atoms with Crippen molar-refractivity contribution in [3.63, 3.8) is 0 Å². The topological polar surface area (TPSA) is 96.5 Å². The summed E-state index contributed by atoms with van der Waals surface area (Å²) in [6.45, 7) is 2.57. The van der Waals surface area contributed by atoms with Crippen LogP contribution in [0.15, 0.2) is 12.1 Å². The first-order valence-corrected chi connectivity index (χ1v) is 6.24. The number of tetrazole rings is 1. The highest BCUT2D eigenvalue weighted by Gasteiger charge is 2.47. The molecule has 1 saturated heterocycles. The van der Waals surface area contributed by atoms with Crippen LogP contribution in [0.3, 0.4) is 0 Å². The highest BCUT2D eigenvalue weighted by atomic mass is 16.4. The average molecular weight is 262 g/mol. The van der Waals surface area contributed by atoms with Crippen molar-refractivity contribution in [2.24, 2.45) is 0 Å². The van der Waals surface area contributed by atoms with Crippen molar-refractivity contribution in [1.82, 2.24) is 25.3 Å². The summed E-state index contributed by atoms with van der Waals surface area (Å²) in [6, 6.07) is 3.51. The molecule has 3 heterocycles. The van der Waals surface area contributed by atoms with Crippen molar-refractivity contribution in [2.45, 2.75) is 31.7 Å². The van der Waals surface area contributed by atoms with Gasteiger partial charge in [0.25, 0.3) is 0 Å². The molecule has 2 aromatic heterocycles. The summed E-state index contributed by atoms with van der Waals surface area (Å²) in [5.74, 6) is -0.201. The van der Waals surface area contributed by atoms with Crippen LogP contribution in [0.2, 0.25) is 0 Å². The van der Waals surface area contributed by atoms with E-state index in [0.717, 1.165) is 6.42 Å². The van der Waals surface area contributed by atoms with Crippen molar-refractivity contribution in [1.29, 1.82) is 0 Å². The third-order valence-corrected chi connectivity index (χ3v) is 3.80. The summed E-state index contributed by atoms with van der Waals surface area (Å²) in [5, 5.41) is 24.9. The van der Waals surface area contributed by atoms with Gasteiger partial charge >= 0.3 is 5.97 Å². The Morgan fingerprint density at radius 1 is 1.53 bits per heavy atom. The van der Waals surface area contributed by atoms with Gasteiger partial charge in [-0.25, -0.2) is 4.79 Å². The number of hydrogen-bond donors (Lipinski definition) is 1. The Labute approximate surface area is 109 Å². The van der Waals surface area contributed by atoms with Crippen molar-refractivity contribution >= 4 is 17.4 Å². The van der Waals surface area contributed by atoms with Crippen LogP contribution in [-0.2, 0) is 4.79 Å². The van der Waals surface area contributed by atoms with E-state index in [-0.39, 0.29) is 0 Å². The van der Waals surface area contributed by atoms with Crippen molar-refractivity contribution in [3.05, 3.63) is 12.1 Å². The molecule has 8 nitrogen and oxygen atoms in total. The number of carboxylic acid groups (broad SMARTS) is 1. The number of nitrogens with zero attached hydrogens (tertiary/aromatic N) is 6. The van der Waals surface area contributed by atoms with Crippen LogP contribution in [0.5, 0.6) is 0 Å². The number of carbonyl (C=O) groups is 1. The summed E-state index contributed by atoms with van der Waals surface area (Å²) in [6.07, 6.45) is 2.02. The maximum absolute atomic E-state index is 11.6. The number of aromatic nitrogens is 5. The molecule has 1 aliphatic rings. The Balaban J connectivity index is 2.06. The van der Waals surface area contributed by atoms with Gasteiger partial charge in [-0.15, -0.1) is 14.8 Å². The van der Waals surface area contributed by atoms with Gasteiger partial charge in [-0.2, -0.15) is 0 Å². The van der Waals surface area contributed by atoms with Gasteiger partial charge in [-0.05, 0) is 41.8 Å². The SMILES string of the molecule is CCC1(C(=O)O)CCCN1c1ccc2nnnn2n1. The van der Waals surface area contributed by atoms with Crippen LogP contribution in [0.25, 0.3) is 5.65 Å². The van der Waals surface area contributed by atoms with Crippen molar-refractivity contribution < 1.29 is 9.90 Å². The number of carboxylic acids is 1. The fourth-order valence-electron chi connectivity index (χ4n) is 2.74. The Morgan fingerprint density at radius 3 is 3.11 bits per heavy atom. The predicted octanol–water partition coefficient (Wildman–Crippen LogP) is 0.353. The molecule has 0 bridgehead atoms. The van der Waals surface area contributed by atoms with E-state index >= 15 is 0 Å². The van der Waals surface area contributed by atoms with E-state index in [9.17, 15) is 9.90 Å². The van der Waals surface area contributed by atoms with Gasteiger partial charge in [-0.1, -0.05) is 6.92 Å². The Bertz CT molecular complexity index is 626. The van der Waals surface area contributed by atoms with Crippen LogP contribution in [0.4, 0.5) is 5.82 Å². The standard InChI is InChI=1S/C11H14N6O2/c1-2-11(10(18)19)6-3-7-16(11)9-5-4-8-12-14-15-17(8)13-9/h4-5H,2-3,6-7H2,1H3,(H,18,19). The average Bonchev–Trinajstić information content (AvgIpc) is 3.04. The molecule has 19 heavy (non-hydrogen) atoms. The third-order valence-electron chi connectivity index (χ3n) is 3.80. The summed E-state index contributed by atoms with van der Waals surface area (Å²) < 4.78 is 1.32. The minimum atomic E-state index is -0.866. The number of aliphatic carboxylic acids is 1. The molecule has 0 amide bonds. The maximum Gasteiger partial charge on any atom is 0.329 e. The second-order valence-electron chi connectivity index (χ2n) is 4.66. The fraction of sp³-hybridized carbons (Fsp3) is 0.545. The fourth-order valence-corrected chi connectivity index (χ4v) is 2.74. The highest BCUT2D eigenvalue weighted by Crippen LogP contribution is 2.35. The monoisotopic (exact) mass is 262 g/mol. The van der Waals surface area contributed by atoms with Crippen LogP contribution in [0.1, 0.15) is 26.2 Å². The zero-order chi connectivity index (χ0) is 13.5. The highest BCUT2D eigenvalue weighted by molar-refractivity contribution is 5.84. The minimum Gasteiger partial charge on any atom is -0.479 e. The summed E-state index contributed by atoms with van der Waals surface area (Å²) in [7, 11) is 0. The van der Waals surface area contributed by atoms with Gasteiger partial charge < -0.3 is 10.0 Å². The van der Waals surface area contributed by atoms with Gasteiger partial charge in [0.05, 0.1) is 0 Å². The van der Waals surface area contributed by atoms with E-state index in [0.29, 0.717) is 30.9 Å². The molecule has 1 N–H and O–H groups in total. The van der Waals surface area contributed by atoms with Gasteiger partial charge in [0.1, 0.15) is 5.54 Å². The van der Waals surface area contributed by atoms with Crippen molar-refractivity contribution in [3.8, 4) is 0 Å². The second kappa shape index (κ2) is 4.15. The molecule has 0 aliphatic carbocycles. The van der Waals surface area contributed by atoms with E-state index in [1.165, 1.54) is 4.63 Å². The molecule has 1 atom stereocenters. The van der Waals surface area contributed by atoms with E-state index in [1.807, 2.05) is 11.8 Å². The summed E-state index contributed by atoms with van der Waals surface area (Å²) >= 11 is 0. The Kier molecular flexibility index (Phi) is 2.58. The smallest absolute Gasteiger partial charge is 0.329 e. The molecular formula is C11H14N6O2. The lowest BCUT2D eigenvalue weighted by molar-refractivity contribution is -0.143. The lowest BCUT2D eigenvalue weighted by atomic mass is 9.93. The molecule has 3 rings (SSSR count). The Hall–Kier alpha value is -2.25. The quantitative estimate of drug-likeness (QED) is 0.852. The largest absolute Gasteiger partial charge is 0.479 e. The molecule has 2 aromatic rings. The first-order valence-electron chi connectivity index (χ1n) is 6.24. The lowest BCUT2D eigenvalue weighted by Gasteiger charge is -2.34. The van der Waals surface area contributed by atoms with E-state index < -0.39 is 11.5 Å². The van der Waals surface area contributed by atoms with E-state index in [4.69, 9.17) is 0 Å². The van der Waals surface area contributed by atoms with Crippen LogP contribution >= 0.6 is 0 Å². The van der Waals surface area contributed by atoms with Crippen LogP contribution in [0, 0.1) is 0 Å². The van der Waals surface area contributed by atoms with Crippen LogP contribution < -0.4 is 4.90 Å². The second-order valence-corrected chi connectivity index (χ2v) is 4.66. The molecule has 0 aromatic carbocycles. The number of hydrogen-bond acceptors (Lipinski definition) is 6. The van der Waals surface area contributed by atoms with E-state index in [1.54, 1.807) is 12.1 Å². The van der Waals surface area contributed by atoms with Gasteiger partial charge in [0.2, 0.25) is 0 Å². The zero-order valence-electron chi connectivity index (χ0n) is 10.5. The van der Waals surface area contributed by atoms with E-state index in [2.05, 4.69) is 20.6 Å². The van der Waals surface area contributed by atoms with Crippen molar-refractivity contribution in [2.75, 3.05) is 11.4 Å². The molecule has 0 saturated carbocycles. The normalized spacial score (nSPS) is 23.1. The summed E-state index contributed by atoms with van der Waals surface area (Å²) in [4.78, 5) is 13.5. The molecule has 0 spiro atoms. The lowest BCUT2D eigenvalue weighted by Crippen LogP contribution is -2.50.